The number of fused-ring (bicyclic) bond motifs is 1. The molecule has 2 aliphatic rings. The van der Waals surface area contributed by atoms with Crippen LogP contribution in [0.3, 0.4) is 0 Å². The number of nitrogens with zero attached hydrogens (tertiary/aromatic N) is 2. The van der Waals surface area contributed by atoms with Crippen molar-refractivity contribution in [2.24, 2.45) is 17.6 Å². The summed E-state index contributed by atoms with van der Waals surface area (Å²) in [6.45, 7) is 0.779. The van der Waals surface area contributed by atoms with Crippen LogP contribution in [-0.2, 0) is 20.0 Å². The molecule has 1 saturated carbocycles. The van der Waals surface area contributed by atoms with Crippen molar-refractivity contribution in [2.75, 3.05) is 27.2 Å². The molecule has 10 heteroatoms. The fourth-order valence-corrected chi connectivity index (χ4v) is 6.88. The Morgan fingerprint density at radius 3 is 2.20 bits per heavy atom. The summed E-state index contributed by atoms with van der Waals surface area (Å²) >= 11 is 0. The molecule has 7 nitrogen and oxygen atoms in total. The lowest BCUT2D eigenvalue weighted by molar-refractivity contribution is 0.425. The Kier molecular flexibility index (Phi) is 5.87. The Hall–Kier alpha value is -0.710. The lowest BCUT2D eigenvalue weighted by Gasteiger charge is -2.21. The Labute approximate surface area is 155 Å². The van der Waals surface area contributed by atoms with Gasteiger partial charge >= 0.3 is 0 Å². The molecular weight excluding hydrogens is 386 g/mol. The minimum absolute atomic E-state index is 0. The lowest BCUT2D eigenvalue weighted by atomic mass is 9.98. The Morgan fingerprint density at radius 1 is 1.04 bits per heavy atom. The van der Waals surface area contributed by atoms with E-state index in [2.05, 4.69) is 0 Å². The molecule has 0 amide bonds. The molecule has 1 aromatic rings. The number of sulfonamides is 2. The van der Waals surface area contributed by atoms with E-state index in [9.17, 15) is 16.8 Å². The SMILES string of the molecule is CN(C)S(=O)(=O)c1ccccc1S(=O)(=O)N1CC2CCC(N)C2C1.Cl. The summed E-state index contributed by atoms with van der Waals surface area (Å²) in [4.78, 5) is -0.344. The van der Waals surface area contributed by atoms with Crippen molar-refractivity contribution in [3.05, 3.63) is 24.3 Å². The highest BCUT2D eigenvalue weighted by molar-refractivity contribution is 7.92. The fraction of sp³-hybridized carbons (Fsp3) is 0.600. The summed E-state index contributed by atoms with van der Waals surface area (Å²) in [6.07, 6.45) is 1.85. The van der Waals surface area contributed by atoms with Crippen LogP contribution < -0.4 is 5.73 Å². The van der Waals surface area contributed by atoms with Gasteiger partial charge in [-0.1, -0.05) is 12.1 Å². The fourth-order valence-electron chi connectivity index (χ4n) is 3.68. The molecule has 25 heavy (non-hydrogen) atoms. The topological polar surface area (TPSA) is 101 Å². The van der Waals surface area contributed by atoms with Gasteiger partial charge in [0.05, 0.1) is 0 Å². The van der Waals surface area contributed by atoms with Gasteiger partial charge in [-0.3, -0.25) is 0 Å². The first-order chi connectivity index (χ1) is 11.2. The van der Waals surface area contributed by atoms with Gasteiger partial charge in [-0.25, -0.2) is 21.1 Å². The second kappa shape index (κ2) is 7.13. The second-order valence-corrected chi connectivity index (χ2v) is 10.7. The zero-order valence-electron chi connectivity index (χ0n) is 14.2. The molecule has 1 aliphatic heterocycles. The predicted molar refractivity (Wildman–Crippen MR) is 97.5 cm³/mol. The molecule has 0 spiro atoms. The Morgan fingerprint density at radius 2 is 1.64 bits per heavy atom. The summed E-state index contributed by atoms with van der Waals surface area (Å²) < 4.78 is 53.5. The minimum atomic E-state index is -3.88. The molecule has 2 fully saturated rings. The predicted octanol–water partition coefficient (Wildman–Crippen LogP) is 0.717. The highest BCUT2D eigenvalue weighted by Gasteiger charge is 2.46. The largest absolute Gasteiger partial charge is 0.327 e. The van der Waals surface area contributed by atoms with Gasteiger partial charge in [-0.05, 0) is 36.8 Å². The molecular formula is C15H24ClN3O4S2. The molecule has 3 unspecified atom stereocenters. The minimum Gasteiger partial charge on any atom is -0.327 e. The van der Waals surface area contributed by atoms with Gasteiger partial charge in [-0.15, -0.1) is 12.4 Å². The van der Waals surface area contributed by atoms with Crippen molar-refractivity contribution in [1.82, 2.24) is 8.61 Å². The average molecular weight is 410 g/mol. The Bertz CT molecular complexity index is 842. The molecule has 142 valence electrons. The van der Waals surface area contributed by atoms with Crippen molar-refractivity contribution in [1.29, 1.82) is 0 Å². The smallest absolute Gasteiger partial charge is 0.244 e. The van der Waals surface area contributed by atoms with Gasteiger partial charge in [0.2, 0.25) is 20.0 Å². The van der Waals surface area contributed by atoms with Crippen LogP contribution in [0.2, 0.25) is 0 Å². The van der Waals surface area contributed by atoms with Crippen LogP contribution in [-0.4, -0.2) is 58.7 Å². The van der Waals surface area contributed by atoms with Gasteiger partial charge in [0, 0.05) is 33.2 Å². The van der Waals surface area contributed by atoms with Crippen LogP contribution >= 0.6 is 12.4 Å². The molecule has 1 aliphatic carbocycles. The summed E-state index contributed by atoms with van der Waals surface area (Å²) in [5, 5.41) is 0. The van der Waals surface area contributed by atoms with Crippen LogP contribution in [0.1, 0.15) is 12.8 Å². The molecule has 1 aromatic carbocycles. The normalized spacial score (nSPS) is 27.3. The number of hydrogen-bond donors (Lipinski definition) is 1. The molecule has 0 aromatic heterocycles. The molecule has 0 radical (unpaired) electrons. The van der Waals surface area contributed by atoms with E-state index in [1.54, 1.807) is 6.07 Å². The van der Waals surface area contributed by atoms with Crippen LogP contribution in [0, 0.1) is 11.8 Å². The van der Waals surface area contributed by atoms with Gasteiger partial charge in [0.1, 0.15) is 9.79 Å². The number of nitrogens with two attached hydrogens (primary N) is 1. The number of rotatable bonds is 4. The Balaban J connectivity index is 0.00000225. The first kappa shape index (κ1) is 20.6. The maximum atomic E-state index is 13.1. The van der Waals surface area contributed by atoms with E-state index in [4.69, 9.17) is 5.73 Å². The molecule has 1 heterocycles. The van der Waals surface area contributed by atoms with E-state index in [0.717, 1.165) is 17.1 Å². The van der Waals surface area contributed by atoms with Gasteiger partial charge in [0.15, 0.2) is 0 Å². The number of benzene rings is 1. The third kappa shape index (κ3) is 3.45. The van der Waals surface area contributed by atoms with Gasteiger partial charge in [0.25, 0.3) is 0 Å². The third-order valence-corrected chi connectivity index (χ3v) is 9.00. The first-order valence-corrected chi connectivity index (χ1v) is 10.8. The summed E-state index contributed by atoms with van der Waals surface area (Å²) in [5.74, 6) is 0.435. The summed E-state index contributed by atoms with van der Waals surface area (Å²) in [6, 6.07) is 5.80. The quantitative estimate of drug-likeness (QED) is 0.789. The van der Waals surface area contributed by atoms with E-state index in [1.165, 1.54) is 36.6 Å². The molecule has 3 rings (SSSR count). The average Bonchev–Trinajstić information content (AvgIpc) is 3.10. The maximum absolute atomic E-state index is 13.1. The number of halogens is 1. The monoisotopic (exact) mass is 409 g/mol. The molecule has 2 N–H and O–H groups in total. The first-order valence-electron chi connectivity index (χ1n) is 7.93. The zero-order valence-corrected chi connectivity index (χ0v) is 16.6. The summed E-state index contributed by atoms with van der Waals surface area (Å²) in [5.41, 5.74) is 6.08. The third-order valence-electron chi connectivity index (χ3n) is 5.10. The highest BCUT2D eigenvalue weighted by Crippen LogP contribution is 2.40. The van der Waals surface area contributed by atoms with E-state index in [0.29, 0.717) is 13.1 Å². The van der Waals surface area contributed by atoms with E-state index in [1.807, 2.05) is 0 Å². The lowest BCUT2D eigenvalue weighted by Crippen LogP contribution is -2.34. The van der Waals surface area contributed by atoms with Crippen molar-refractivity contribution in [3.63, 3.8) is 0 Å². The van der Waals surface area contributed by atoms with Crippen LogP contribution in [0.15, 0.2) is 34.1 Å². The maximum Gasteiger partial charge on any atom is 0.244 e. The highest BCUT2D eigenvalue weighted by atomic mass is 35.5. The van der Waals surface area contributed by atoms with Crippen LogP contribution in [0.4, 0.5) is 0 Å². The van der Waals surface area contributed by atoms with Gasteiger partial charge in [-0.2, -0.15) is 4.31 Å². The second-order valence-electron chi connectivity index (χ2n) is 6.72. The van der Waals surface area contributed by atoms with E-state index >= 15 is 0 Å². The van der Waals surface area contributed by atoms with Crippen molar-refractivity contribution in [2.45, 2.75) is 28.7 Å². The zero-order chi connectivity index (χ0) is 17.7. The van der Waals surface area contributed by atoms with Crippen molar-refractivity contribution >= 4 is 32.5 Å². The van der Waals surface area contributed by atoms with Crippen LogP contribution in [0.5, 0.6) is 0 Å². The van der Waals surface area contributed by atoms with Gasteiger partial charge < -0.3 is 5.73 Å². The molecule has 1 saturated heterocycles. The number of hydrogen-bond acceptors (Lipinski definition) is 5. The van der Waals surface area contributed by atoms with Crippen molar-refractivity contribution < 1.29 is 16.8 Å². The summed E-state index contributed by atoms with van der Waals surface area (Å²) in [7, 11) is -4.95. The molecule has 3 atom stereocenters. The van der Waals surface area contributed by atoms with Crippen molar-refractivity contribution in [3.8, 4) is 0 Å². The van der Waals surface area contributed by atoms with E-state index in [-0.39, 0.29) is 40.1 Å². The van der Waals surface area contributed by atoms with E-state index < -0.39 is 20.0 Å². The van der Waals surface area contributed by atoms with Crippen LogP contribution in [0.25, 0.3) is 0 Å². The standard InChI is InChI=1S/C15H23N3O4S2.ClH/c1-17(2)23(19,20)14-5-3-4-6-15(14)24(21,22)18-9-11-7-8-13(16)12(11)10-18;/h3-6,11-13H,7-10,16H2,1-2H3;1H. The molecule has 0 bridgehead atoms.